The topological polar surface area (TPSA) is 64.1 Å². The molecule has 0 amide bonds. The molecule has 0 aliphatic carbocycles. The van der Waals surface area contributed by atoms with Crippen molar-refractivity contribution in [1.29, 1.82) is 0 Å². The van der Waals surface area contributed by atoms with Crippen molar-refractivity contribution in [3.8, 4) is 16.9 Å². The molecule has 0 saturated heterocycles. The first-order chi connectivity index (χ1) is 7.52. The maximum Gasteiger partial charge on any atom is 0.170 e. The van der Waals surface area contributed by atoms with Crippen molar-refractivity contribution in [3.05, 3.63) is 30.0 Å². The molecule has 1 aromatic heterocycles. The molecular formula is C10H9F2N3O. The Kier molecular flexibility index (Phi) is 2.26. The molecule has 0 atom stereocenters. The zero-order valence-electron chi connectivity index (χ0n) is 8.41. The lowest BCUT2D eigenvalue weighted by atomic mass is 10.1. The molecule has 0 aliphatic heterocycles. The van der Waals surface area contributed by atoms with E-state index in [4.69, 9.17) is 5.73 Å². The van der Waals surface area contributed by atoms with Gasteiger partial charge in [-0.2, -0.15) is 5.10 Å². The fourth-order valence-electron chi connectivity index (χ4n) is 1.44. The second-order valence-electron chi connectivity index (χ2n) is 3.32. The van der Waals surface area contributed by atoms with Gasteiger partial charge in [0.15, 0.2) is 11.6 Å². The third-order valence-corrected chi connectivity index (χ3v) is 2.33. The molecule has 6 heteroatoms. The van der Waals surface area contributed by atoms with Crippen molar-refractivity contribution in [3.63, 3.8) is 0 Å². The van der Waals surface area contributed by atoms with Crippen LogP contribution in [0.1, 0.15) is 0 Å². The summed E-state index contributed by atoms with van der Waals surface area (Å²) >= 11 is 0. The molecule has 0 unspecified atom stereocenters. The number of nitrogens with two attached hydrogens (primary N) is 1. The average molecular weight is 225 g/mol. The van der Waals surface area contributed by atoms with Crippen molar-refractivity contribution in [1.82, 2.24) is 9.78 Å². The Morgan fingerprint density at radius 3 is 2.62 bits per heavy atom. The highest BCUT2D eigenvalue weighted by Crippen LogP contribution is 2.35. The summed E-state index contributed by atoms with van der Waals surface area (Å²) < 4.78 is 27.8. The monoisotopic (exact) mass is 225 g/mol. The minimum absolute atomic E-state index is 0.153. The summed E-state index contributed by atoms with van der Waals surface area (Å²) in [6.45, 7) is 0. The van der Waals surface area contributed by atoms with E-state index in [2.05, 4.69) is 5.10 Å². The molecule has 1 aromatic carbocycles. The molecule has 0 bridgehead atoms. The van der Waals surface area contributed by atoms with Crippen LogP contribution in [0.4, 0.5) is 14.6 Å². The van der Waals surface area contributed by atoms with Crippen LogP contribution in [0.2, 0.25) is 0 Å². The molecule has 16 heavy (non-hydrogen) atoms. The zero-order chi connectivity index (χ0) is 11.9. The first-order valence-electron chi connectivity index (χ1n) is 4.47. The molecule has 2 rings (SSSR count). The van der Waals surface area contributed by atoms with Crippen LogP contribution in [0, 0.1) is 11.6 Å². The van der Waals surface area contributed by atoms with E-state index in [1.165, 1.54) is 10.9 Å². The van der Waals surface area contributed by atoms with Gasteiger partial charge in [0, 0.05) is 7.05 Å². The standard InChI is InChI=1S/C10H9F2N3O/c1-15-10(13)5(4-14-15)8-7(16)3-2-6(11)9(8)12/h2-4,16H,13H2,1H3. The molecule has 3 N–H and O–H groups in total. The van der Waals surface area contributed by atoms with Gasteiger partial charge in [0.2, 0.25) is 0 Å². The highest BCUT2D eigenvalue weighted by atomic mass is 19.2. The van der Waals surface area contributed by atoms with Gasteiger partial charge in [-0.3, -0.25) is 4.68 Å². The Balaban J connectivity index is 2.73. The fourth-order valence-corrected chi connectivity index (χ4v) is 1.44. The van der Waals surface area contributed by atoms with Crippen LogP contribution in [-0.2, 0) is 7.05 Å². The van der Waals surface area contributed by atoms with E-state index in [-0.39, 0.29) is 22.7 Å². The number of anilines is 1. The van der Waals surface area contributed by atoms with Gasteiger partial charge in [-0.15, -0.1) is 0 Å². The number of phenolic OH excluding ortho intramolecular Hbond substituents is 1. The minimum atomic E-state index is -1.14. The van der Waals surface area contributed by atoms with Crippen molar-refractivity contribution in [2.75, 3.05) is 5.73 Å². The Labute approximate surface area is 89.9 Å². The summed E-state index contributed by atoms with van der Waals surface area (Å²) in [7, 11) is 1.56. The minimum Gasteiger partial charge on any atom is -0.507 e. The SMILES string of the molecule is Cn1ncc(-c2c(O)ccc(F)c2F)c1N. The fraction of sp³-hybridized carbons (Fsp3) is 0.100. The molecule has 0 spiro atoms. The van der Waals surface area contributed by atoms with Gasteiger partial charge in [0.1, 0.15) is 11.6 Å². The van der Waals surface area contributed by atoms with E-state index in [0.29, 0.717) is 0 Å². The normalized spacial score (nSPS) is 10.7. The smallest absolute Gasteiger partial charge is 0.170 e. The maximum atomic E-state index is 13.5. The number of nitrogens with zero attached hydrogens (tertiary/aromatic N) is 2. The van der Waals surface area contributed by atoms with Crippen LogP contribution < -0.4 is 5.73 Å². The summed E-state index contributed by atoms with van der Waals surface area (Å²) in [5.41, 5.74) is 5.51. The van der Waals surface area contributed by atoms with Crippen LogP contribution in [0.15, 0.2) is 18.3 Å². The summed E-state index contributed by atoms with van der Waals surface area (Å²) in [4.78, 5) is 0. The van der Waals surface area contributed by atoms with Crippen molar-refractivity contribution in [2.24, 2.45) is 7.05 Å². The number of hydrogen-bond acceptors (Lipinski definition) is 3. The van der Waals surface area contributed by atoms with Gasteiger partial charge >= 0.3 is 0 Å². The zero-order valence-corrected chi connectivity index (χ0v) is 8.41. The van der Waals surface area contributed by atoms with Crippen molar-refractivity contribution in [2.45, 2.75) is 0 Å². The van der Waals surface area contributed by atoms with Gasteiger partial charge in [0.05, 0.1) is 17.3 Å². The molecule has 4 nitrogen and oxygen atoms in total. The number of phenols is 1. The lowest BCUT2D eigenvalue weighted by Gasteiger charge is -2.05. The van der Waals surface area contributed by atoms with E-state index < -0.39 is 11.6 Å². The summed E-state index contributed by atoms with van der Waals surface area (Å²) in [6.07, 6.45) is 1.27. The van der Waals surface area contributed by atoms with E-state index in [1.807, 2.05) is 0 Å². The van der Waals surface area contributed by atoms with Gasteiger partial charge in [-0.25, -0.2) is 8.78 Å². The highest BCUT2D eigenvalue weighted by molar-refractivity contribution is 5.78. The maximum absolute atomic E-state index is 13.5. The van der Waals surface area contributed by atoms with Gasteiger partial charge in [-0.1, -0.05) is 0 Å². The number of aromatic hydroxyl groups is 1. The van der Waals surface area contributed by atoms with Gasteiger partial charge in [-0.05, 0) is 12.1 Å². The van der Waals surface area contributed by atoms with E-state index in [1.54, 1.807) is 7.05 Å². The van der Waals surface area contributed by atoms with Crippen LogP contribution in [-0.4, -0.2) is 14.9 Å². The molecule has 0 radical (unpaired) electrons. The second kappa shape index (κ2) is 3.48. The van der Waals surface area contributed by atoms with Crippen LogP contribution in [0.3, 0.4) is 0 Å². The summed E-state index contributed by atoms with van der Waals surface area (Å²) in [5.74, 6) is -2.41. The van der Waals surface area contributed by atoms with Gasteiger partial charge < -0.3 is 10.8 Å². The number of aromatic nitrogens is 2. The van der Waals surface area contributed by atoms with Crippen LogP contribution in [0.25, 0.3) is 11.1 Å². The number of nitrogen functional groups attached to an aromatic ring is 1. The van der Waals surface area contributed by atoms with Crippen LogP contribution in [0.5, 0.6) is 5.75 Å². The van der Waals surface area contributed by atoms with E-state index in [9.17, 15) is 13.9 Å². The summed E-state index contributed by atoms with van der Waals surface area (Å²) in [5, 5.41) is 13.3. The molecule has 0 fully saturated rings. The third kappa shape index (κ3) is 1.39. The lowest BCUT2D eigenvalue weighted by molar-refractivity contribution is 0.458. The molecule has 1 heterocycles. The Hall–Kier alpha value is -2.11. The number of halogens is 2. The first-order valence-corrected chi connectivity index (χ1v) is 4.47. The molecule has 2 aromatic rings. The lowest BCUT2D eigenvalue weighted by Crippen LogP contribution is -1.99. The number of hydrogen-bond donors (Lipinski definition) is 2. The average Bonchev–Trinajstić information content (AvgIpc) is 2.56. The predicted molar refractivity (Wildman–Crippen MR) is 54.6 cm³/mol. The van der Waals surface area contributed by atoms with Crippen molar-refractivity contribution >= 4 is 5.82 Å². The largest absolute Gasteiger partial charge is 0.507 e. The predicted octanol–water partition coefficient (Wildman–Crippen LogP) is 1.65. The number of benzene rings is 1. The first kappa shape index (κ1) is 10.4. The van der Waals surface area contributed by atoms with E-state index in [0.717, 1.165) is 12.1 Å². The molecular weight excluding hydrogens is 216 g/mol. The van der Waals surface area contributed by atoms with Crippen LogP contribution >= 0.6 is 0 Å². The Morgan fingerprint density at radius 1 is 1.38 bits per heavy atom. The molecule has 0 aliphatic rings. The Bertz CT molecular complexity index is 551. The molecule has 0 saturated carbocycles. The van der Waals surface area contributed by atoms with E-state index >= 15 is 0 Å². The van der Waals surface area contributed by atoms with Crippen molar-refractivity contribution < 1.29 is 13.9 Å². The second-order valence-corrected chi connectivity index (χ2v) is 3.32. The molecule has 84 valence electrons. The summed E-state index contributed by atoms with van der Waals surface area (Å²) in [6, 6.07) is 1.92. The highest BCUT2D eigenvalue weighted by Gasteiger charge is 2.19. The van der Waals surface area contributed by atoms with Gasteiger partial charge in [0.25, 0.3) is 0 Å². The number of aryl methyl sites for hydroxylation is 1. The Morgan fingerprint density at radius 2 is 2.06 bits per heavy atom. The quantitative estimate of drug-likeness (QED) is 0.775. The number of rotatable bonds is 1. The third-order valence-electron chi connectivity index (χ3n) is 2.33.